The number of benzene rings is 1. The first kappa shape index (κ1) is 17.9. The summed E-state index contributed by atoms with van der Waals surface area (Å²) >= 11 is 0. The Kier molecular flexibility index (Phi) is 7.14. The van der Waals surface area contributed by atoms with Gasteiger partial charge in [-0.15, -0.1) is 0 Å². The van der Waals surface area contributed by atoms with Crippen molar-refractivity contribution in [2.24, 2.45) is 5.14 Å². The summed E-state index contributed by atoms with van der Waals surface area (Å²) < 4.78 is 33.7. The molecule has 0 bridgehead atoms. The van der Waals surface area contributed by atoms with Crippen LogP contribution in [0, 0.1) is 0 Å². The lowest BCUT2D eigenvalue weighted by Crippen LogP contribution is -2.13. The van der Waals surface area contributed by atoms with E-state index in [4.69, 9.17) is 14.6 Å². The van der Waals surface area contributed by atoms with Gasteiger partial charge in [0.15, 0.2) is 0 Å². The van der Waals surface area contributed by atoms with Crippen LogP contribution in [0.1, 0.15) is 44.6 Å². The second-order valence-electron chi connectivity index (χ2n) is 5.10. The Bertz CT molecular complexity index is 543. The van der Waals surface area contributed by atoms with Gasteiger partial charge in [0, 0.05) is 13.7 Å². The van der Waals surface area contributed by atoms with E-state index in [9.17, 15) is 8.42 Å². The number of sulfonamides is 1. The molecule has 2 N–H and O–H groups in total. The Balaban J connectivity index is 2.87. The number of hydrogen-bond donors (Lipinski definition) is 1. The minimum absolute atomic E-state index is 0.129. The van der Waals surface area contributed by atoms with Crippen molar-refractivity contribution in [3.05, 3.63) is 23.8 Å². The summed E-state index contributed by atoms with van der Waals surface area (Å²) in [5.41, 5.74) is 0.885. The van der Waals surface area contributed by atoms with E-state index in [1.807, 2.05) is 6.92 Å². The Hall–Kier alpha value is -1.11. The third kappa shape index (κ3) is 5.65. The Labute approximate surface area is 127 Å². The van der Waals surface area contributed by atoms with E-state index in [-0.39, 0.29) is 10.8 Å². The lowest BCUT2D eigenvalue weighted by atomic mass is 9.98. The van der Waals surface area contributed by atoms with Crippen molar-refractivity contribution in [2.75, 3.05) is 20.3 Å². The van der Waals surface area contributed by atoms with Crippen molar-refractivity contribution >= 4 is 10.0 Å². The van der Waals surface area contributed by atoms with E-state index in [2.05, 4.69) is 6.92 Å². The highest BCUT2D eigenvalue weighted by molar-refractivity contribution is 7.89. The molecule has 0 aliphatic rings. The third-order valence-corrected chi connectivity index (χ3v) is 4.36. The fourth-order valence-corrected chi connectivity index (χ4v) is 2.52. The molecule has 1 unspecified atom stereocenters. The van der Waals surface area contributed by atoms with Gasteiger partial charge in [0.1, 0.15) is 5.75 Å². The quantitative estimate of drug-likeness (QED) is 0.711. The van der Waals surface area contributed by atoms with Crippen molar-refractivity contribution in [2.45, 2.75) is 43.9 Å². The van der Waals surface area contributed by atoms with Gasteiger partial charge in [-0.25, -0.2) is 13.6 Å². The van der Waals surface area contributed by atoms with Crippen LogP contribution < -0.4 is 9.88 Å². The van der Waals surface area contributed by atoms with Crippen LogP contribution in [0.2, 0.25) is 0 Å². The normalized spacial score (nSPS) is 13.1. The number of hydrogen-bond acceptors (Lipinski definition) is 4. The molecule has 1 aromatic carbocycles. The van der Waals surface area contributed by atoms with Gasteiger partial charge in [0.05, 0.1) is 11.5 Å². The van der Waals surface area contributed by atoms with Crippen LogP contribution in [0.25, 0.3) is 0 Å². The molecule has 0 spiro atoms. The highest BCUT2D eigenvalue weighted by Gasteiger charge is 2.15. The van der Waals surface area contributed by atoms with Gasteiger partial charge in [0.25, 0.3) is 0 Å². The predicted octanol–water partition coefficient (Wildman–Crippen LogP) is 2.65. The van der Waals surface area contributed by atoms with Crippen LogP contribution in [-0.4, -0.2) is 28.7 Å². The second kappa shape index (κ2) is 8.36. The SMILES string of the molecule is CCC(C)c1cc(S(N)(=O)=O)ccc1OCCCCOC. The molecule has 0 radical (unpaired) electrons. The Morgan fingerprint density at radius 2 is 1.90 bits per heavy atom. The predicted molar refractivity (Wildman–Crippen MR) is 83.1 cm³/mol. The zero-order valence-corrected chi connectivity index (χ0v) is 13.8. The smallest absolute Gasteiger partial charge is 0.238 e. The maximum absolute atomic E-state index is 11.5. The molecule has 0 amide bonds. The molecular weight excluding hydrogens is 290 g/mol. The summed E-state index contributed by atoms with van der Waals surface area (Å²) in [4.78, 5) is 0.129. The molecule has 0 heterocycles. The maximum atomic E-state index is 11.5. The molecule has 5 nitrogen and oxygen atoms in total. The monoisotopic (exact) mass is 315 g/mol. The summed E-state index contributed by atoms with van der Waals surface area (Å²) in [5, 5.41) is 5.19. The molecule has 0 saturated heterocycles. The molecule has 0 aliphatic carbocycles. The molecule has 1 aromatic rings. The minimum Gasteiger partial charge on any atom is -0.493 e. The van der Waals surface area contributed by atoms with Crippen molar-refractivity contribution in [3.63, 3.8) is 0 Å². The zero-order valence-electron chi connectivity index (χ0n) is 13.0. The highest BCUT2D eigenvalue weighted by atomic mass is 32.2. The first-order valence-corrected chi connectivity index (χ1v) is 8.73. The van der Waals surface area contributed by atoms with E-state index in [1.54, 1.807) is 19.2 Å². The van der Waals surface area contributed by atoms with Crippen LogP contribution in [-0.2, 0) is 14.8 Å². The number of unbranched alkanes of at least 4 members (excludes halogenated alkanes) is 1. The second-order valence-corrected chi connectivity index (χ2v) is 6.66. The van der Waals surface area contributed by atoms with Crippen LogP contribution >= 0.6 is 0 Å². The molecule has 120 valence electrons. The van der Waals surface area contributed by atoms with E-state index in [1.165, 1.54) is 6.07 Å². The molecular formula is C15H25NO4S. The minimum atomic E-state index is -3.69. The fraction of sp³-hybridized carbons (Fsp3) is 0.600. The summed E-state index contributed by atoms with van der Waals surface area (Å²) in [6.07, 6.45) is 2.73. The average Bonchev–Trinajstić information content (AvgIpc) is 2.45. The molecule has 0 fully saturated rings. The Morgan fingerprint density at radius 1 is 1.24 bits per heavy atom. The molecule has 0 aliphatic heterocycles. The molecule has 0 saturated carbocycles. The summed E-state index contributed by atoms with van der Waals surface area (Å²) in [5.74, 6) is 0.940. The van der Waals surface area contributed by atoms with Crippen LogP contribution in [0.3, 0.4) is 0 Å². The van der Waals surface area contributed by atoms with Crippen molar-refractivity contribution in [1.82, 2.24) is 0 Å². The standard InChI is InChI=1S/C15H25NO4S/c1-4-12(2)14-11-13(21(16,17)18)7-8-15(14)20-10-6-5-9-19-3/h7-8,11-12H,4-6,9-10H2,1-3H3,(H2,16,17,18). The lowest BCUT2D eigenvalue weighted by molar-refractivity contribution is 0.184. The number of methoxy groups -OCH3 is 1. The average molecular weight is 315 g/mol. The van der Waals surface area contributed by atoms with Crippen LogP contribution in [0.15, 0.2) is 23.1 Å². The first-order chi connectivity index (χ1) is 9.90. The maximum Gasteiger partial charge on any atom is 0.238 e. The van der Waals surface area contributed by atoms with Gasteiger partial charge < -0.3 is 9.47 Å². The first-order valence-electron chi connectivity index (χ1n) is 7.18. The number of primary sulfonamides is 1. The van der Waals surface area contributed by atoms with Crippen LogP contribution in [0.4, 0.5) is 0 Å². The van der Waals surface area contributed by atoms with Crippen molar-refractivity contribution in [1.29, 1.82) is 0 Å². The number of nitrogens with two attached hydrogens (primary N) is 1. The van der Waals surface area contributed by atoms with E-state index >= 15 is 0 Å². The summed E-state index contributed by atoms with van der Waals surface area (Å²) in [7, 11) is -2.01. The van der Waals surface area contributed by atoms with Gasteiger partial charge in [-0.2, -0.15) is 0 Å². The van der Waals surface area contributed by atoms with Crippen molar-refractivity contribution < 1.29 is 17.9 Å². The Morgan fingerprint density at radius 3 is 2.48 bits per heavy atom. The fourth-order valence-electron chi connectivity index (χ4n) is 1.97. The van der Waals surface area contributed by atoms with Gasteiger partial charge in [-0.05, 0) is 48.9 Å². The molecule has 6 heteroatoms. The third-order valence-electron chi connectivity index (χ3n) is 3.45. The zero-order chi connectivity index (χ0) is 15.9. The van der Waals surface area contributed by atoms with Gasteiger partial charge in [-0.1, -0.05) is 13.8 Å². The number of rotatable bonds is 9. The summed E-state index contributed by atoms with van der Waals surface area (Å²) in [6, 6.07) is 4.80. The van der Waals surface area contributed by atoms with E-state index < -0.39 is 10.0 Å². The van der Waals surface area contributed by atoms with Gasteiger partial charge in [0.2, 0.25) is 10.0 Å². The largest absolute Gasteiger partial charge is 0.493 e. The van der Waals surface area contributed by atoms with Gasteiger partial charge >= 0.3 is 0 Å². The highest BCUT2D eigenvalue weighted by Crippen LogP contribution is 2.31. The van der Waals surface area contributed by atoms with Crippen molar-refractivity contribution in [3.8, 4) is 5.75 Å². The topological polar surface area (TPSA) is 78.6 Å². The molecule has 21 heavy (non-hydrogen) atoms. The van der Waals surface area contributed by atoms with E-state index in [0.717, 1.165) is 30.6 Å². The number of ether oxygens (including phenoxy) is 2. The molecule has 1 rings (SSSR count). The summed E-state index contributed by atoms with van der Waals surface area (Å²) in [6.45, 7) is 5.39. The van der Waals surface area contributed by atoms with Crippen LogP contribution in [0.5, 0.6) is 5.75 Å². The van der Waals surface area contributed by atoms with Gasteiger partial charge in [-0.3, -0.25) is 0 Å². The molecule has 0 aromatic heterocycles. The molecule has 1 atom stereocenters. The lowest BCUT2D eigenvalue weighted by Gasteiger charge is -2.17. The van der Waals surface area contributed by atoms with E-state index in [0.29, 0.717) is 13.2 Å².